The lowest BCUT2D eigenvalue weighted by molar-refractivity contribution is -0.139. The molecule has 3 rings (SSSR count). The molecule has 9 heteroatoms. The monoisotopic (exact) mass is 441 g/mol. The quantitative estimate of drug-likeness (QED) is 0.327. The molecule has 0 amide bonds. The van der Waals surface area contributed by atoms with Gasteiger partial charge in [0.25, 0.3) is 0 Å². The Hall–Kier alpha value is -3.23. The number of aromatic nitrogens is 1. The fourth-order valence-corrected chi connectivity index (χ4v) is 3.18. The van der Waals surface area contributed by atoms with Gasteiger partial charge < -0.3 is 0 Å². The third-order valence-corrected chi connectivity index (χ3v) is 4.65. The standard InChI is InChI=1S/C22H14F7NO/c23-16-4-1-3-14(11-16)19(31)12-17(13-6-8-15(9-7-13)21(24,25)26)20-18(22(27,28)29)5-2-10-30-20/h1-11,17H,12H2/t17-/m0/s1. The van der Waals surface area contributed by atoms with Gasteiger partial charge in [0, 0.05) is 24.1 Å². The number of Topliss-reactive ketones (excluding diaryl/α,β-unsaturated/α-hetero) is 1. The summed E-state index contributed by atoms with van der Waals surface area (Å²) in [6.07, 6.45) is -8.87. The Morgan fingerprint density at radius 1 is 0.871 bits per heavy atom. The number of carbonyl (C=O) groups excluding carboxylic acids is 1. The molecule has 0 aliphatic heterocycles. The van der Waals surface area contributed by atoms with E-state index in [1.54, 1.807) is 0 Å². The first-order chi connectivity index (χ1) is 14.5. The van der Waals surface area contributed by atoms with Gasteiger partial charge in [0.05, 0.1) is 16.8 Å². The summed E-state index contributed by atoms with van der Waals surface area (Å²) in [6.45, 7) is 0. The van der Waals surface area contributed by atoms with Crippen LogP contribution in [0.15, 0.2) is 66.9 Å². The molecular formula is C22H14F7NO. The smallest absolute Gasteiger partial charge is 0.294 e. The largest absolute Gasteiger partial charge is 0.418 e. The van der Waals surface area contributed by atoms with Crippen molar-refractivity contribution in [1.29, 1.82) is 0 Å². The molecule has 0 radical (unpaired) electrons. The Kier molecular flexibility index (Phi) is 6.15. The van der Waals surface area contributed by atoms with E-state index in [2.05, 4.69) is 4.98 Å². The molecule has 1 atom stereocenters. The molecule has 1 aromatic heterocycles. The number of ketones is 1. The van der Waals surface area contributed by atoms with E-state index in [0.717, 1.165) is 54.7 Å². The van der Waals surface area contributed by atoms with Crippen LogP contribution in [0.5, 0.6) is 0 Å². The first-order valence-corrected chi connectivity index (χ1v) is 8.95. The highest BCUT2D eigenvalue weighted by atomic mass is 19.4. The lowest BCUT2D eigenvalue weighted by Gasteiger charge is -2.21. The normalized spacial score (nSPS) is 13.1. The molecule has 0 aliphatic rings. The summed E-state index contributed by atoms with van der Waals surface area (Å²) >= 11 is 0. The van der Waals surface area contributed by atoms with Crippen molar-refractivity contribution in [3.05, 3.63) is 101 Å². The number of hydrogen-bond donors (Lipinski definition) is 0. The fourth-order valence-electron chi connectivity index (χ4n) is 3.18. The van der Waals surface area contributed by atoms with E-state index >= 15 is 0 Å². The number of halogens is 7. The summed E-state index contributed by atoms with van der Waals surface area (Å²) in [5, 5.41) is 0. The zero-order chi connectivity index (χ0) is 22.8. The van der Waals surface area contributed by atoms with Crippen LogP contribution in [-0.4, -0.2) is 10.8 Å². The average Bonchev–Trinajstić information content (AvgIpc) is 2.71. The number of nitrogens with zero attached hydrogens (tertiary/aromatic N) is 1. The maximum absolute atomic E-state index is 13.5. The predicted molar refractivity (Wildman–Crippen MR) is 97.9 cm³/mol. The Balaban J connectivity index is 2.08. The van der Waals surface area contributed by atoms with Gasteiger partial charge in [-0.2, -0.15) is 26.3 Å². The third kappa shape index (κ3) is 5.28. The molecule has 0 N–H and O–H groups in total. The molecule has 1 heterocycles. The minimum atomic E-state index is -4.80. The molecule has 0 aliphatic carbocycles. The van der Waals surface area contributed by atoms with Crippen LogP contribution >= 0.6 is 0 Å². The molecule has 0 spiro atoms. The number of alkyl halides is 6. The van der Waals surface area contributed by atoms with Gasteiger partial charge in [-0.3, -0.25) is 9.78 Å². The van der Waals surface area contributed by atoms with Crippen LogP contribution in [0.4, 0.5) is 30.7 Å². The molecule has 2 nitrogen and oxygen atoms in total. The van der Waals surface area contributed by atoms with Crippen molar-refractivity contribution >= 4 is 5.78 Å². The van der Waals surface area contributed by atoms with E-state index in [1.807, 2.05) is 0 Å². The van der Waals surface area contributed by atoms with Crippen LogP contribution in [0.1, 0.15) is 45.1 Å². The number of benzene rings is 2. The van der Waals surface area contributed by atoms with E-state index in [9.17, 15) is 35.5 Å². The van der Waals surface area contributed by atoms with Gasteiger partial charge in [0.15, 0.2) is 5.78 Å². The summed E-state index contributed by atoms with van der Waals surface area (Å²) in [7, 11) is 0. The molecule has 0 unspecified atom stereocenters. The van der Waals surface area contributed by atoms with Crippen LogP contribution in [0.25, 0.3) is 0 Å². The van der Waals surface area contributed by atoms with Crippen molar-refractivity contribution in [1.82, 2.24) is 4.98 Å². The van der Waals surface area contributed by atoms with Crippen molar-refractivity contribution in [3.8, 4) is 0 Å². The second-order valence-corrected chi connectivity index (χ2v) is 6.74. The zero-order valence-electron chi connectivity index (χ0n) is 15.6. The van der Waals surface area contributed by atoms with Crippen molar-refractivity contribution in [2.24, 2.45) is 0 Å². The molecule has 2 aromatic carbocycles. The predicted octanol–water partition coefficient (Wildman–Crippen LogP) is 6.66. The van der Waals surface area contributed by atoms with Gasteiger partial charge >= 0.3 is 12.4 Å². The first kappa shape index (κ1) is 22.5. The highest BCUT2D eigenvalue weighted by Gasteiger charge is 2.37. The van der Waals surface area contributed by atoms with Crippen molar-refractivity contribution < 1.29 is 35.5 Å². The van der Waals surface area contributed by atoms with Crippen LogP contribution < -0.4 is 0 Å². The average molecular weight is 441 g/mol. The Labute approximate surface area is 172 Å². The summed E-state index contributed by atoms with van der Waals surface area (Å²) in [4.78, 5) is 16.5. The number of carbonyl (C=O) groups is 1. The molecule has 0 fully saturated rings. The maximum atomic E-state index is 13.5. The second-order valence-electron chi connectivity index (χ2n) is 6.74. The van der Waals surface area contributed by atoms with Crippen LogP contribution in [0.3, 0.4) is 0 Å². The van der Waals surface area contributed by atoms with E-state index in [-0.39, 0.29) is 11.1 Å². The fraction of sp³-hybridized carbons (Fsp3) is 0.182. The molecule has 162 valence electrons. The van der Waals surface area contributed by atoms with Crippen LogP contribution in [0, 0.1) is 5.82 Å². The van der Waals surface area contributed by atoms with Gasteiger partial charge in [-0.25, -0.2) is 4.39 Å². The number of hydrogen-bond acceptors (Lipinski definition) is 2. The van der Waals surface area contributed by atoms with E-state index in [4.69, 9.17) is 0 Å². The van der Waals surface area contributed by atoms with Crippen molar-refractivity contribution in [2.75, 3.05) is 0 Å². The molecule has 0 bridgehead atoms. The topological polar surface area (TPSA) is 30.0 Å². The van der Waals surface area contributed by atoms with Crippen LogP contribution in [0.2, 0.25) is 0 Å². The van der Waals surface area contributed by atoms with Gasteiger partial charge in [0.2, 0.25) is 0 Å². The summed E-state index contributed by atoms with van der Waals surface area (Å²) in [6, 6.07) is 9.96. The summed E-state index contributed by atoms with van der Waals surface area (Å²) < 4.78 is 92.7. The molecular weight excluding hydrogens is 427 g/mol. The lowest BCUT2D eigenvalue weighted by Crippen LogP contribution is -2.17. The maximum Gasteiger partial charge on any atom is 0.418 e. The van der Waals surface area contributed by atoms with Crippen molar-refractivity contribution in [2.45, 2.75) is 24.7 Å². The molecule has 3 aromatic rings. The van der Waals surface area contributed by atoms with E-state index in [0.29, 0.717) is 0 Å². The number of pyridine rings is 1. The summed E-state index contributed by atoms with van der Waals surface area (Å²) in [5.41, 5.74) is -2.61. The second kappa shape index (κ2) is 8.49. The zero-order valence-corrected chi connectivity index (χ0v) is 15.6. The lowest BCUT2D eigenvalue weighted by atomic mass is 9.86. The van der Waals surface area contributed by atoms with Gasteiger partial charge in [-0.05, 0) is 42.0 Å². The van der Waals surface area contributed by atoms with E-state index in [1.165, 1.54) is 12.1 Å². The highest BCUT2D eigenvalue weighted by molar-refractivity contribution is 5.96. The minimum absolute atomic E-state index is 0.0435. The SMILES string of the molecule is O=C(C[C@@H](c1ccc(C(F)(F)F)cc1)c1ncccc1C(F)(F)F)c1cccc(F)c1. The number of rotatable bonds is 5. The molecule has 31 heavy (non-hydrogen) atoms. The summed E-state index contributed by atoms with van der Waals surface area (Å²) in [5.74, 6) is -2.68. The van der Waals surface area contributed by atoms with Crippen LogP contribution in [-0.2, 0) is 12.4 Å². The minimum Gasteiger partial charge on any atom is -0.294 e. The van der Waals surface area contributed by atoms with Gasteiger partial charge in [-0.15, -0.1) is 0 Å². The van der Waals surface area contributed by atoms with Crippen molar-refractivity contribution in [3.63, 3.8) is 0 Å². The molecule has 0 saturated carbocycles. The first-order valence-electron chi connectivity index (χ1n) is 8.95. The Morgan fingerprint density at radius 3 is 2.13 bits per heavy atom. The Bertz CT molecular complexity index is 1070. The molecule has 0 saturated heterocycles. The van der Waals surface area contributed by atoms with Gasteiger partial charge in [-0.1, -0.05) is 24.3 Å². The Morgan fingerprint density at radius 2 is 1.55 bits per heavy atom. The van der Waals surface area contributed by atoms with Gasteiger partial charge in [0.1, 0.15) is 5.82 Å². The third-order valence-electron chi connectivity index (χ3n) is 4.65. The highest BCUT2D eigenvalue weighted by Crippen LogP contribution is 2.39. The van der Waals surface area contributed by atoms with E-state index < -0.39 is 53.1 Å².